The highest BCUT2D eigenvalue weighted by molar-refractivity contribution is 7.15. The van der Waals surface area contributed by atoms with Crippen molar-refractivity contribution in [3.63, 3.8) is 0 Å². The van der Waals surface area contributed by atoms with Gasteiger partial charge < -0.3 is 14.2 Å². The van der Waals surface area contributed by atoms with Crippen LogP contribution in [0.15, 0.2) is 42.5 Å². The smallest absolute Gasteiger partial charge is 0.489 e. The molecule has 0 atom stereocenters. The van der Waals surface area contributed by atoms with Crippen LogP contribution in [-0.4, -0.2) is 22.2 Å². The summed E-state index contributed by atoms with van der Waals surface area (Å²) in [6.45, 7) is 3.95. The highest BCUT2D eigenvalue weighted by Crippen LogP contribution is 2.34. The molecular weight excluding hydrogens is 456 g/mol. The number of ether oxygens (including phenoxy) is 3. The van der Waals surface area contributed by atoms with Gasteiger partial charge in [0.2, 0.25) is 0 Å². The Morgan fingerprint density at radius 2 is 1.85 bits per heavy atom. The molecule has 3 aromatic rings. The number of hydrogen-bond acceptors (Lipinski definition) is 8. The number of nitrogens with zero attached hydrogens (tertiary/aromatic N) is 2. The lowest BCUT2D eigenvalue weighted by atomic mass is 9.98. The molecule has 4 rings (SSSR count). The second-order valence-corrected chi connectivity index (χ2v) is 9.52. The first-order valence-corrected chi connectivity index (χ1v) is 12.0. The second kappa shape index (κ2) is 10.6. The Morgan fingerprint density at radius 3 is 2.53 bits per heavy atom. The van der Waals surface area contributed by atoms with Gasteiger partial charge in [0.15, 0.2) is 0 Å². The molecule has 0 saturated heterocycles. The van der Waals surface area contributed by atoms with Gasteiger partial charge in [-0.15, -0.1) is 11.3 Å². The summed E-state index contributed by atoms with van der Waals surface area (Å²) in [6.07, 6.45) is 5.24. The average Bonchev–Trinajstić information content (AvgIpc) is 3.20. The monoisotopic (exact) mass is 482 g/mol. The highest BCUT2D eigenvalue weighted by atomic mass is 32.1. The summed E-state index contributed by atoms with van der Waals surface area (Å²) in [5.41, 5.74) is 2.38. The Kier molecular flexibility index (Phi) is 7.42. The number of nitro groups is 1. The van der Waals surface area contributed by atoms with E-state index in [1.165, 1.54) is 43.5 Å². The summed E-state index contributed by atoms with van der Waals surface area (Å²) in [5.74, 6) is 0.983. The quantitative estimate of drug-likeness (QED) is 0.159. The molecule has 0 bridgehead atoms. The van der Waals surface area contributed by atoms with E-state index in [-0.39, 0.29) is 24.1 Å². The van der Waals surface area contributed by atoms with Crippen molar-refractivity contribution in [2.45, 2.75) is 58.7 Å². The van der Waals surface area contributed by atoms with Crippen molar-refractivity contribution < 1.29 is 23.9 Å². The van der Waals surface area contributed by atoms with E-state index in [0.29, 0.717) is 0 Å². The third-order valence-corrected chi connectivity index (χ3v) is 6.76. The Labute approximate surface area is 201 Å². The van der Waals surface area contributed by atoms with Crippen LogP contribution in [0.1, 0.15) is 48.2 Å². The molecule has 0 radical (unpaired) electrons. The predicted molar refractivity (Wildman–Crippen MR) is 128 cm³/mol. The second-order valence-electron chi connectivity index (χ2n) is 8.26. The van der Waals surface area contributed by atoms with Crippen molar-refractivity contribution in [3.05, 3.63) is 68.7 Å². The fourth-order valence-corrected chi connectivity index (χ4v) is 4.94. The molecule has 2 heterocycles. The molecule has 1 aromatic carbocycles. The van der Waals surface area contributed by atoms with Gasteiger partial charge in [0, 0.05) is 22.6 Å². The van der Waals surface area contributed by atoms with Crippen LogP contribution >= 0.6 is 11.3 Å². The van der Waals surface area contributed by atoms with Crippen molar-refractivity contribution in [1.29, 1.82) is 0 Å². The molecule has 0 amide bonds. The first kappa shape index (κ1) is 23.7. The molecule has 1 fully saturated rings. The van der Waals surface area contributed by atoms with Crippen molar-refractivity contribution in [1.82, 2.24) is 4.98 Å². The molecular formula is C25H26N2O6S. The fourth-order valence-electron chi connectivity index (χ4n) is 3.95. The molecule has 9 heteroatoms. The zero-order valence-corrected chi connectivity index (χ0v) is 19.9. The van der Waals surface area contributed by atoms with Crippen LogP contribution in [-0.2, 0) is 11.3 Å². The van der Waals surface area contributed by atoms with Gasteiger partial charge in [0.05, 0.1) is 27.3 Å². The molecule has 178 valence electrons. The van der Waals surface area contributed by atoms with Gasteiger partial charge in [0.1, 0.15) is 18.1 Å². The van der Waals surface area contributed by atoms with Gasteiger partial charge in [0.25, 0.3) is 5.69 Å². The summed E-state index contributed by atoms with van der Waals surface area (Å²) in [6, 6.07) is 11.1. The number of carbonyl (C=O) groups is 1. The van der Waals surface area contributed by atoms with Crippen molar-refractivity contribution in [2.75, 3.05) is 0 Å². The largest absolute Gasteiger partial charge is 0.514 e. The SMILES string of the molecule is Cc1cc(COC(=O)Oc2ccc([N+](=O)[O-])cc2)c(-c2ccc(OC3CCCCC3)c(C)n2)s1. The number of thiophene rings is 1. The van der Waals surface area contributed by atoms with Gasteiger partial charge in [-0.05, 0) is 69.9 Å². The Morgan fingerprint density at radius 1 is 1.12 bits per heavy atom. The van der Waals surface area contributed by atoms with Crippen LogP contribution < -0.4 is 9.47 Å². The summed E-state index contributed by atoms with van der Waals surface area (Å²) in [7, 11) is 0. The van der Waals surface area contributed by atoms with E-state index >= 15 is 0 Å². The van der Waals surface area contributed by atoms with Crippen LogP contribution in [0.25, 0.3) is 10.6 Å². The number of aryl methyl sites for hydroxylation is 2. The summed E-state index contributed by atoms with van der Waals surface area (Å²) in [4.78, 5) is 29.1. The zero-order chi connectivity index (χ0) is 24.1. The molecule has 1 aliphatic rings. The van der Waals surface area contributed by atoms with E-state index in [2.05, 4.69) is 0 Å². The van der Waals surface area contributed by atoms with E-state index in [1.54, 1.807) is 11.3 Å². The molecule has 0 aliphatic heterocycles. The van der Waals surface area contributed by atoms with Crippen LogP contribution in [0, 0.1) is 24.0 Å². The average molecular weight is 483 g/mol. The van der Waals surface area contributed by atoms with Gasteiger partial charge in [-0.2, -0.15) is 0 Å². The topological polar surface area (TPSA) is 101 Å². The van der Waals surface area contributed by atoms with Crippen LogP contribution in [0.4, 0.5) is 10.5 Å². The molecule has 0 N–H and O–H groups in total. The first-order valence-electron chi connectivity index (χ1n) is 11.2. The van der Waals surface area contributed by atoms with E-state index in [1.807, 2.05) is 32.0 Å². The van der Waals surface area contributed by atoms with Crippen LogP contribution in [0.2, 0.25) is 0 Å². The third-order valence-electron chi connectivity index (χ3n) is 5.64. The number of pyridine rings is 1. The minimum atomic E-state index is -0.885. The summed E-state index contributed by atoms with van der Waals surface area (Å²) < 4.78 is 16.6. The maximum Gasteiger partial charge on any atom is 0.514 e. The maximum atomic E-state index is 12.1. The minimum absolute atomic E-state index is 0.0204. The van der Waals surface area contributed by atoms with E-state index in [0.717, 1.165) is 45.3 Å². The summed E-state index contributed by atoms with van der Waals surface area (Å²) >= 11 is 1.58. The molecule has 0 spiro atoms. The molecule has 2 aromatic heterocycles. The highest BCUT2D eigenvalue weighted by Gasteiger charge is 2.18. The number of carbonyl (C=O) groups excluding carboxylic acids is 1. The van der Waals surface area contributed by atoms with Gasteiger partial charge >= 0.3 is 6.16 Å². The number of benzene rings is 1. The van der Waals surface area contributed by atoms with E-state index in [4.69, 9.17) is 19.2 Å². The predicted octanol–water partition coefficient (Wildman–Crippen LogP) is 6.76. The lowest BCUT2D eigenvalue weighted by Gasteiger charge is -2.23. The normalized spacial score (nSPS) is 13.9. The number of aromatic nitrogens is 1. The van der Waals surface area contributed by atoms with Crippen molar-refractivity contribution in [2.24, 2.45) is 0 Å². The fraction of sp³-hybridized carbons (Fsp3) is 0.360. The van der Waals surface area contributed by atoms with E-state index in [9.17, 15) is 14.9 Å². The zero-order valence-electron chi connectivity index (χ0n) is 19.1. The van der Waals surface area contributed by atoms with E-state index < -0.39 is 11.1 Å². The molecule has 1 saturated carbocycles. The molecule has 0 unspecified atom stereocenters. The number of nitro benzene ring substituents is 1. The van der Waals surface area contributed by atoms with Crippen molar-refractivity contribution in [3.8, 4) is 22.1 Å². The first-order chi connectivity index (χ1) is 16.4. The number of non-ortho nitro benzene ring substituents is 1. The van der Waals surface area contributed by atoms with Gasteiger partial charge in [-0.1, -0.05) is 6.42 Å². The van der Waals surface area contributed by atoms with Crippen molar-refractivity contribution >= 4 is 23.2 Å². The van der Waals surface area contributed by atoms with Gasteiger partial charge in [-0.25, -0.2) is 9.78 Å². The Balaban J connectivity index is 1.40. The lowest BCUT2D eigenvalue weighted by molar-refractivity contribution is -0.384. The standard InChI is InChI=1S/C25H26N2O6S/c1-16-14-18(15-31-25(28)33-21-10-8-19(9-11-21)27(29)30)24(34-16)22-12-13-23(17(2)26-22)32-20-6-4-3-5-7-20/h8-14,20H,3-7,15H2,1-2H3. The number of rotatable bonds is 7. The molecule has 34 heavy (non-hydrogen) atoms. The Hall–Kier alpha value is -3.46. The third kappa shape index (κ3) is 5.91. The van der Waals surface area contributed by atoms with Crippen LogP contribution in [0.3, 0.4) is 0 Å². The van der Waals surface area contributed by atoms with Crippen LogP contribution in [0.5, 0.6) is 11.5 Å². The van der Waals surface area contributed by atoms with Gasteiger partial charge in [-0.3, -0.25) is 10.1 Å². The molecule has 1 aliphatic carbocycles. The number of hydrogen-bond donors (Lipinski definition) is 0. The summed E-state index contributed by atoms with van der Waals surface area (Å²) in [5, 5.41) is 10.7. The lowest BCUT2D eigenvalue weighted by Crippen LogP contribution is -2.20. The minimum Gasteiger partial charge on any atom is -0.489 e. The molecule has 8 nitrogen and oxygen atoms in total. The maximum absolute atomic E-state index is 12.1. The Bertz CT molecular complexity index is 1170.